The minimum absolute atomic E-state index is 0.0763. The lowest BCUT2D eigenvalue weighted by Crippen LogP contribution is -2.53. The van der Waals surface area contributed by atoms with Crippen LogP contribution in [0.2, 0.25) is 0 Å². The van der Waals surface area contributed by atoms with Crippen LogP contribution in [0.3, 0.4) is 0 Å². The van der Waals surface area contributed by atoms with E-state index in [1.807, 2.05) is 13.2 Å². The van der Waals surface area contributed by atoms with Gasteiger partial charge in [-0.1, -0.05) is 69.4 Å². The highest BCUT2D eigenvalue weighted by Gasteiger charge is 2.27. The highest BCUT2D eigenvalue weighted by Crippen LogP contribution is 2.20. The topological polar surface area (TPSA) is 88.9 Å². The number of terminal acetylenes is 1. The van der Waals surface area contributed by atoms with Gasteiger partial charge in [-0.25, -0.2) is 0 Å². The number of unbranched alkanes of at least 4 members (excludes halogenated alkanes) is 11. The average Bonchev–Trinajstić information content (AvgIpc) is 3.28. The number of aryl methyl sites for hydroxylation is 2. The van der Waals surface area contributed by atoms with Crippen molar-refractivity contribution in [3.63, 3.8) is 0 Å². The maximum atomic E-state index is 12.5. The first kappa shape index (κ1) is 29.9. The second kappa shape index (κ2) is 18.8. The van der Waals surface area contributed by atoms with Crippen LogP contribution < -0.4 is 10.6 Å². The zero-order chi connectivity index (χ0) is 25.8. The molecule has 1 aromatic rings. The summed E-state index contributed by atoms with van der Waals surface area (Å²) in [4.78, 5) is 25.0. The fourth-order valence-corrected chi connectivity index (χ4v) is 5.06. The Bertz CT molecular complexity index is 785. The van der Waals surface area contributed by atoms with E-state index in [1.54, 1.807) is 4.68 Å². The van der Waals surface area contributed by atoms with Crippen LogP contribution in [0.4, 0.5) is 0 Å². The largest absolute Gasteiger partial charge is 0.351 e. The van der Waals surface area contributed by atoms with Crippen molar-refractivity contribution in [2.45, 2.75) is 141 Å². The molecule has 1 heterocycles. The van der Waals surface area contributed by atoms with Crippen molar-refractivity contribution in [2.24, 2.45) is 7.05 Å². The van der Waals surface area contributed by atoms with Crippen molar-refractivity contribution >= 4 is 11.8 Å². The lowest BCUT2D eigenvalue weighted by atomic mass is 9.90. The van der Waals surface area contributed by atoms with Gasteiger partial charge in [0.1, 0.15) is 0 Å². The molecule has 0 radical (unpaired) electrons. The summed E-state index contributed by atoms with van der Waals surface area (Å²) in [6, 6.07) is 0.153. The van der Waals surface area contributed by atoms with Gasteiger partial charge in [0.2, 0.25) is 11.8 Å². The Kier molecular flexibility index (Phi) is 15.6. The molecule has 1 aromatic heterocycles. The number of carbonyl (C=O) groups excluding carboxylic acids is 2. The number of hydrogen-bond donors (Lipinski definition) is 2. The van der Waals surface area contributed by atoms with E-state index in [1.165, 1.54) is 38.5 Å². The quantitative estimate of drug-likeness (QED) is 0.197. The van der Waals surface area contributed by atoms with Gasteiger partial charge in [-0.2, -0.15) is 0 Å². The number of rotatable bonds is 19. The molecule has 36 heavy (non-hydrogen) atoms. The van der Waals surface area contributed by atoms with E-state index in [0.29, 0.717) is 12.8 Å². The molecule has 1 aliphatic rings. The summed E-state index contributed by atoms with van der Waals surface area (Å²) in [6.45, 7) is 0. The monoisotopic (exact) mass is 499 g/mol. The number of nitrogens with zero attached hydrogens (tertiary/aromatic N) is 3. The standard InChI is InChI=1S/C29H49N5O2/c1-3-4-5-6-7-8-12-15-22-28(35)30-26-20-17-18-21-27(26)31-29(36)23-16-13-10-9-11-14-19-25-24-34(2)33-32-25/h1,24,26-27H,4-23H2,2H3,(H,30,35)(H,31,36). The number of hydrogen-bond acceptors (Lipinski definition) is 4. The van der Waals surface area contributed by atoms with E-state index in [4.69, 9.17) is 6.42 Å². The molecule has 2 atom stereocenters. The van der Waals surface area contributed by atoms with Crippen molar-refractivity contribution in [3.05, 3.63) is 11.9 Å². The fraction of sp³-hybridized carbons (Fsp3) is 0.793. The van der Waals surface area contributed by atoms with Crippen molar-refractivity contribution in [1.29, 1.82) is 0 Å². The molecule has 0 aliphatic heterocycles. The molecule has 0 saturated heterocycles. The number of nitrogens with one attached hydrogen (secondary N) is 2. The van der Waals surface area contributed by atoms with Gasteiger partial charge in [0.05, 0.1) is 5.69 Å². The molecular weight excluding hydrogens is 450 g/mol. The Morgan fingerprint density at radius 1 is 0.861 bits per heavy atom. The molecule has 202 valence electrons. The minimum Gasteiger partial charge on any atom is -0.351 e. The van der Waals surface area contributed by atoms with E-state index in [9.17, 15) is 9.59 Å². The van der Waals surface area contributed by atoms with Crippen LogP contribution in [0.25, 0.3) is 0 Å². The van der Waals surface area contributed by atoms with Gasteiger partial charge < -0.3 is 10.6 Å². The van der Waals surface area contributed by atoms with Gasteiger partial charge in [0.15, 0.2) is 0 Å². The first-order valence-corrected chi connectivity index (χ1v) is 14.5. The number of carbonyl (C=O) groups is 2. The number of amides is 2. The third kappa shape index (κ3) is 13.7. The lowest BCUT2D eigenvalue weighted by molar-refractivity contribution is -0.125. The van der Waals surface area contributed by atoms with Crippen LogP contribution in [0.15, 0.2) is 6.20 Å². The second-order valence-corrected chi connectivity index (χ2v) is 10.5. The van der Waals surface area contributed by atoms with E-state index in [2.05, 4.69) is 26.9 Å². The first-order valence-electron chi connectivity index (χ1n) is 14.5. The Morgan fingerprint density at radius 2 is 1.36 bits per heavy atom. The molecule has 1 saturated carbocycles. The van der Waals surface area contributed by atoms with Gasteiger partial charge in [-0.05, 0) is 44.9 Å². The van der Waals surface area contributed by atoms with Crippen molar-refractivity contribution in [1.82, 2.24) is 25.6 Å². The van der Waals surface area contributed by atoms with Crippen LogP contribution in [0, 0.1) is 12.3 Å². The Labute approximate surface area is 218 Å². The van der Waals surface area contributed by atoms with E-state index in [-0.39, 0.29) is 23.9 Å². The molecule has 7 nitrogen and oxygen atoms in total. The van der Waals surface area contributed by atoms with Crippen LogP contribution >= 0.6 is 0 Å². The number of aromatic nitrogens is 3. The smallest absolute Gasteiger partial charge is 0.220 e. The molecule has 2 amide bonds. The summed E-state index contributed by atoms with van der Waals surface area (Å²) >= 11 is 0. The third-order valence-corrected chi connectivity index (χ3v) is 7.17. The average molecular weight is 500 g/mol. The van der Waals surface area contributed by atoms with E-state index >= 15 is 0 Å². The zero-order valence-corrected chi connectivity index (χ0v) is 22.6. The first-order chi connectivity index (χ1) is 17.6. The van der Waals surface area contributed by atoms with Gasteiger partial charge in [-0.15, -0.1) is 17.4 Å². The normalized spacial score (nSPS) is 17.4. The molecule has 2 N–H and O–H groups in total. The highest BCUT2D eigenvalue weighted by atomic mass is 16.2. The van der Waals surface area contributed by atoms with Gasteiger partial charge >= 0.3 is 0 Å². The Balaban J connectivity index is 1.50. The molecule has 0 bridgehead atoms. The van der Waals surface area contributed by atoms with Crippen LogP contribution in [-0.2, 0) is 23.1 Å². The van der Waals surface area contributed by atoms with Crippen LogP contribution in [0.1, 0.15) is 128 Å². The van der Waals surface area contributed by atoms with Crippen LogP contribution in [-0.4, -0.2) is 38.9 Å². The third-order valence-electron chi connectivity index (χ3n) is 7.17. The molecule has 1 aliphatic carbocycles. The maximum absolute atomic E-state index is 12.5. The minimum atomic E-state index is 0.0763. The highest BCUT2D eigenvalue weighted by molar-refractivity contribution is 5.77. The van der Waals surface area contributed by atoms with Crippen molar-refractivity contribution in [2.75, 3.05) is 0 Å². The lowest BCUT2D eigenvalue weighted by Gasteiger charge is -2.33. The second-order valence-electron chi connectivity index (χ2n) is 10.5. The summed E-state index contributed by atoms with van der Waals surface area (Å²) in [7, 11) is 1.89. The van der Waals surface area contributed by atoms with Crippen LogP contribution in [0.5, 0.6) is 0 Å². The molecule has 1 fully saturated rings. The summed E-state index contributed by atoms with van der Waals surface area (Å²) in [5.41, 5.74) is 1.06. The predicted octanol–water partition coefficient (Wildman–Crippen LogP) is 5.39. The van der Waals surface area contributed by atoms with Gasteiger partial charge in [0.25, 0.3) is 0 Å². The summed E-state index contributed by atoms with van der Waals surface area (Å²) < 4.78 is 1.75. The Morgan fingerprint density at radius 3 is 1.86 bits per heavy atom. The maximum Gasteiger partial charge on any atom is 0.220 e. The summed E-state index contributed by atoms with van der Waals surface area (Å²) in [5.74, 6) is 2.95. The molecule has 7 heteroatoms. The zero-order valence-electron chi connectivity index (χ0n) is 22.6. The van der Waals surface area contributed by atoms with Gasteiger partial charge in [0, 0.05) is 44.6 Å². The molecule has 2 rings (SSSR count). The van der Waals surface area contributed by atoms with Gasteiger partial charge in [-0.3, -0.25) is 14.3 Å². The molecule has 0 spiro atoms. The molecular formula is C29H49N5O2. The SMILES string of the molecule is C#CCCCCCCCCC(=O)NC1CCCCC1NC(=O)CCCCCCCCc1cn(C)nn1. The summed E-state index contributed by atoms with van der Waals surface area (Å²) in [5, 5.41) is 14.5. The Hall–Kier alpha value is -2.36. The fourth-order valence-electron chi connectivity index (χ4n) is 5.06. The predicted molar refractivity (Wildman–Crippen MR) is 145 cm³/mol. The molecule has 0 aromatic carbocycles. The van der Waals surface area contributed by atoms with E-state index in [0.717, 1.165) is 82.7 Å². The van der Waals surface area contributed by atoms with E-state index < -0.39 is 0 Å². The summed E-state index contributed by atoms with van der Waals surface area (Å²) in [6.07, 6.45) is 27.8. The van der Waals surface area contributed by atoms with Crippen molar-refractivity contribution < 1.29 is 9.59 Å². The van der Waals surface area contributed by atoms with Crippen molar-refractivity contribution in [3.8, 4) is 12.3 Å². The molecule has 2 unspecified atom stereocenters.